The van der Waals surface area contributed by atoms with Crippen LogP contribution in [-0.4, -0.2) is 51.2 Å². The Morgan fingerprint density at radius 2 is 1.94 bits per heavy atom. The summed E-state index contributed by atoms with van der Waals surface area (Å²) < 4.78 is 30.1. The maximum atomic E-state index is 14.2. The van der Waals surface area contributed by atoms with E-state index in [4.69, 9.17) is 0 Å². The molecule has 0 aliphatic carbocycles. The highest BCUT2D eigenvalue weighted by atomic mass is 19.1. The van der Waals surface area contributed by atoms with Crippen molar-refractivity contribution >= 4 is 11.8 Å². The molecular formula is C24H25F2N3O5. The summed E-state index contributed by atoms with van der Waals surface area (Å²) >= 11 is 0. The molecule has 2 amide bonds. The second-order valence-corrected chi connectivity index (χ2v) is 9.50. The molecule has 1 aromatic carbocycles. The van der Waals surface area contributed by atoms with E-state index in [1.807, 2.05) is 0 Å². The zero-order valence-electron chi connectivity index (χ0n) is 18.7. The van der Waals surface area contributed by atoms with Crippen molar-refractivity contribution in [1.29, 1.82) is 0 Å². The predicted octanol–water partition coefficient (Wildman–Crippen LogP) is 1.89. The molecule has 34 heavy (non-hydrogen) atoms. The highest BCUT2D eigenvalue weighted by Gasteiger charge is 2.53. The van der Waals surface area contributed by atoms with Crippen LogP contribution in [0.25, 0.3) is 0 Å². The molecule has 3 aliphatic heterocycles. The van der Waals surface area contributed by atoms with Crippen LogP contribution in [0, 0.1) is 18.6 Å². The average molecular weight is 473 g/mol. The maximum Gasteiger partial charge on any atom is 0.274 e. The average Bonchev–Trinajstić information content (AvgIpc) is 2.96. The van der Waals surface area contributed by atoms with Gasteiger partial charge in [0.25, 0.3) is 11.8 Å². The fraction of sp³-hybridized carbons (Fsp3) is 0.458. The largest absolute Gasteiger partial charge is 0.503 e. The van der Waals surface area contributed by atoms with Gasteiger partial charge in [-0.1, -0.05) is 0 Å². The lowest BCUT2D eigenvalue weighted by atomic mass is 9.86. The van der Waals surface area contributed by atoms with Crippen molar-refractivity contribution in [1.82, 2.24) is 14.8 Å². The normalized spacial score (nSPS) is 23.0. The molecule has 1 aromatic heterocycles. The van der Waals surface area contributed by atoms with Crippen LogP contribution < -0.4 is 10.7 Å². The van der Waals surface area contributed by atoms with Gasteiger partial charge in [-0.3, -0.25) is 14.4 Å². The molecule has 3 N–H and O–H groups in total. The Labute approximate surface area is 193 Å². The first-order valence-electron chi connectivity index (χ1n) is 11.3. The smallest absolute Gasteiger partial charge is 0.274 e. The van der Waals surface area contributed by atoms with E-state index in [9.17, 15) is 33.4 Å². The van der Waals surface area contributed by atoms with Gasteiger partial charge in [0, 0.05) is 36.8 Å². The summed E-state index contributed by atoms with van der Waals surface area (Å²) in [5.74, 6) is -4.49. The van der Waals surface area contributed by atoms with Crippen molar-refractivity contribution in [2.24, 2.45) is 0 Å². The zero-order chi connectivity index (χ0) is 24.4. The standard InChI is InChI=1S/C24H25F2N3O5/c1-12-6-15(25)14(16(26)7-12)9-27-22(33)17-18-13(10-30)8-24-4-2-3-5-28(11-24)23(34)19(29(18)24)21(32)20(17)31/h6-7,13,30,32H,2-5,8-11H2,1H3,(H,27,33)/t13?,24-/m0/s1. The van der Waals surface area contributed by atoms with Crippen LogP contribution in [0.3, 0.4) is 0 Å². The van der Waals surface area contributed by atoms with Crippen molar-refractivity contribution < 1.29 is 28.6 Å². The number of aliphatic hydroxyl groups is 1. The van der Waals surface area contributed by atoms with E-state index in [0.717, 1.165) is 25.0 Å². The molecule has 0 radical (unpaired) electrons. The highest BCUT2D eigenvalue weighted by molar-refractivity contribution is 6.00. The Kier molecular flexibility index (Phi) is 5.23. The van der Waals surface area contributed by atoms with E-state index in [-0.39, 0.29) is 23.6 Å². The summed E-state index contributed by atoms with van der Waals surface area (Å²) in [6.07, 6.45) is 2.65. The third-order valence-corrected chi connectivity index (χ3v) is 7.33. The summed E-state index contributed by atoms with van der Waals surface area (Å²) in [6, 6.07) is 2.28. The number of aryl methyl sites for hydroxylation is 1. The number of nitrogens with one attached hydrogen (secondary N) is 1. The van der Waals surface area contributed by atoms with E-state index < -0.39 is 58.2 Å². The number of carbonyl (C=O) groups excluding carboxylic acids is 2. The molecule has 1 saturated heterocycles. The minimum atomic E-state index is -1.03. The van der Waals surface area contributed by atoms with Crippen molar-refractivity contribution in [2.75, 3.05) is 19.7 Å². The molecule has 2 aromatic rings. The number of aromatic nitrogens is 1. The van der Waals surface area contributed by atoms with Crippen LogP contribution in [0.4, 0.5) is 8.78 Å². The number of aromatic hydroxyl groups is 1. The van der Waals surface area contributed by atoms with Crippen LogP contribution in [0.2, 0.25) is 0 Å². The molecule has 180 valence electrons. The van der Waals surface area contributed by atoms with Gasteiger partial charge in [-0.05, 0) is 50.3 Å². The topological polar surface area (TPSA) is 112 Å². The summed E-state index contributed by atoms with van der Waals surface area (Å²) in [5, 5.41) is 23.3. The zero-order valence-corrected chi connectivity index (χ0v) is 18.7. The van der Waals surface area contributed by atoms with Gasteiger partial charge in [-0.2, -0.15) is 0 Å². The Balaban J connectivity index is 1.63. The minimum absolute atomic E-state index is 0.156. The second-order valence-electron chi connectivity index (χ2n) is 9.50. The molecule has 2 atom stereocenters. The van der Waals surface area contributed by atoms with Crippen molar-refractivity contribution in [3.8, 4) is 5.75 Å². The Morgan fingerprint density at radius 3 is 2.62 bits per heavy atom. The lowest BCUT2D eigenvalue weighted by Crippen LogP contribution is -2.52. The number of carbonyl (C=O) groups is 2. The SMILES string of the molecule is Cc1cc(F)c(CNC(=O)c2c3n4c(c(O)c2=O)C(=O)N2CCCC[C@]4(CC3CO)C2)c(F)c1. The molecule has 1 spiro atoms. The number of amides is 2. The van der Waals surface area contributed by atoms with Crippen molar-refractivity contribution in [3.05, 3.63) is 62.1 Å². The molecule has 10 heteroatoms. The number of fused-ring (bicyclic) bond motifs is 1. The molecule has 0 saturated carbocycles. The van der Waals surface area contributed by atoms with Crippen LogP contribution in [-0.2, 0) is 12.1 Å². The lowest BCUT2D eigenvalue weighted by molar-refractivity contribution is 0.0578. The van der Waals surface area contributed by atoms with Crippen LogP contribution >= 0.6 is 0 Å². The van der Waals surface area contributed by atoms with Gasteiger partial charge >= 0.3 is 0 Å². The molecule has 2 bridgehead atoms. The predicted molar refractivity (Wildman–Crippen MR) is 117 cm³/mol. The molecule has 4 heterocycles. The highest BCUT2D eigenvalue weighted by Crippen LogP contribution is 2.50. The fourth-order valence-electron chi connectivity index (χ4n) is 5.87. The first-order chi connectivity index (χ1) is 16.2. The van der Waals surface area contributed by atoms with Gasteiger partial charge in [0.2, 0.25) is 5.43 Å². The van der Waals surface area contributed by atoms with E-state index in [1.54, 1.807) is 9.47 Å². The summed E-state index contributed by atoms with van der Waals surface area (Å²) in [5.41, 5.74) is -2.02. The van der Waals surface area contributed by atoms with E-state index in [0.29, 0.717) is 31.5 Å². The van der Waals surface area contributed by atoms with Crippen LogP contribution in [0.15, 0.2) is 16.9 Å². The van der Waals surface area contributed by atoms with Gasteiger partial charge in [-0.15, -0.1) is 0 Å². The third-order valence-electron chi connectivity index (χ3n) is 7.33. The molecule has 8 nitrogen and oxygen atoms in total. The number of rotatable bonds is 4. The Morgan fingerprint density at radius 1 is 1.24 bits per heavy atom. The molecule has 5 rings (SSSR count). The number of benzene rings is 1. The Bertz CT molecular complexity index is 1270. The monoisotopic (exact) mass is 473 g/mol. The molecule has 1 fully saturated rings. The number of hydrogen-bond donors (Lipinski definition) is 3. The van der Waals surface area contributed by atoms with Gasteiger partial charge in [0.05, 0.1) is 12.1 Å². The second kappa shape index (κ2) is 7.90. The Hall–Kier alpha value is -3.27. The van der Waals surface area contributed by atoms with Gasteiger partial charge in [0.1, 0.15) is 17.2 Å². The molecule has 1 unspecified atom stereocenters. The lowest BCUT2D eigenvalue weighted by Gasteiger charge is -2.41. The summed E-state index contributed by atoms with van der Waals surface area (Å²) in [6.45, 7) is 1.53. The molecule has 3 aliphatic rings. The van der Waals surface area contributed by atoms with Crippen molar-refractivity contribution in [2.45, 2.75) is 50.6 Å². The number of nitrogens with zero attached hydrogens (tertiary/aromatic N) is 2. The van der Waals surface area contributed by atoms with Gasteiger partial charge < -0.3 is 25.0 Å². The van der Waals surface area contributed by atoms with E-state index in [2.05, 4.69) is 5.32 Å². The third kappa shape index (κ3) is 3.15. The van der Waals surface area contributed by atoms with Gasteiger partial charge in [-0.25, -0.2) is 8.78 Å². The van der Waals surface area contributed by atoms with Crippen molar-refractivity contribution in [3.63, 3.8) is 0 Å². The minimum Gasteiger partial charge on any atom is -0.503 e. The number of aliphatic hydroxyl groups excluding tert-OH is 1. The maximum absolute atomic E-state index is 14.2. The van der Waals surface area contributed by atoms with Crippen LogP contribution in [0.5, 0.6) is 5.75 Å². The number of hydrogen-bond acceptors (Lipinski definition) is 5. The fourth-order valence-corrected chi connectivity index (χ4v) is 5.87. The number of halogens is 2. The first kappa shape index (κ1) is 22.5. The quantitative estimate of drug-likeness (QED) is 0.628. The summed E-state index contributed by atoms with van der Waals surface area (Å²) in [4.78, 5) is 41.1. The molecular weight excluding hydrogens is 448 g/mol. The number of pyridine rings is 1. The van der Waals surface area contributed by atoms with Crippen LogP contribution in [0.1, 0.15) is 69.3 Å². The first-order valence-corrected chi connectivity index (χ1v) is 11.3. The summed E-state index contributed by atoms with van der Waals surface area (Å²) in [7, 11) is 0. The van der Waals surface area contributed by atoms with E-state index in [1.165, 1.54) is 6.92 Å². The van der Waals surface area contributed by atoms with Gasteiger partial charge in [0.15, 0.2) is 11.4 Å². The van der Waals surface area contributed by atoms with E-state index >= 15 is 0 Å².